The second-order valence-electron chi connectivity index (χ2n) is 5.11. The second kappa shape index (κ2) is 9.63. The molecule has 2 amide bonds. The number of hydrogen-bond donors (Lipinski definition) is 3. The molecule has 6 heteroatoms. The molecule has 23 heavy (non-hydrogen) atoms. The fraction of sp³-hybridized carbons (Fsp3) is 0.412. The minimum absolute atomic E-state index is 0.209. The second-order valence-corrected chi connectivity index (χ2v) is 5.11. The Labute approximate surface area is 137 Å². The Balaban J connectivity index is 2.55. The molecule has 0 aliphatic carbocycles. The van der Waals surface area contributed by atoms with E-state index in [9.17, 15) is 9.59 Å². The van der Waals surface area contributed by atoms with Gasteiger partial charge in [0.1, 0.15) is 5.75 Å². The van der Waals surface area contributed by atoms with Crippen LogP contribution >= 0.6 is 0 Å². The summed E-state index contributed by atoms with van der Waals surface area (Å²) in [5.41, 5.74) is 6.35. The third-order valence-corrected chi connectivity index (χ3v) is 3.38. The van der Waals surface area contributed by atoms with Crippen molar-refractivity contribution in [3.63, 3.8) is 0 Å². The number of nitrogens with one attached hydrogen (secondary N) is 2. The van der Waals surface area contributed by atoms with Gasteiger partial charge in [-0.2, -0.15) is 0 Å². The highest BCUT2D eigenvalue weighted by atomic mass is 16.5. The molecule has 0 saturated carbocycles. The van der Waals surface area contributed by atoms with E-state index in [1.54, 1.807) is 37.5 Å². The molecular formula is C17H25N3O3. The molecule has 0 unspecified atom stereocenters. The van der Waals surface area contributed by atoms with Crippen LogP contribution in [0.5, 0.6) is 5.75 Å². The molecule has 4 N–H and O–H groups in total. The van der Waals surface area contributed by atoms with Crippen LogP contribution in [-0.4, -0.2) is 31.0 Å². The largest absolute Gasteiger partial charge is 0.497 e. The fourth-order valence-corrected chi connectivity index (χ4v) is 1.82. The number of nitrogens with two attached hydrogens (primary N) is 1. The van der Waals surface area contributed by atoms with E-state index < -0.39 is 6.04 Å². The molecule has 0 fully saturated rings. The molecule has 6 nitrogen and oxygen atoms in total. The predicted octanol–water partition coefficient (Wildman–Crippen LogP) is 1.82. The highest BCUT2D eigenvalue weighted by Crippen LogP contribution is 2.14. The summed E-state index contributed by atoms with van der Waals surface area (Å²) in [6.07, 6.45) is 4.33. The Kier molecular flexibility index (Phi) is 7.83. The normalized spacial score (nSPS) is 13.4. The van der Waals surface area contributed by atoms with Crippen LogP contribution in [0.2, 0.25) is 0 Å². The van der Waals surface area contributed by atoms with Crippen LogP contribution in [0.15, 0.2) is 36.4 Å². The van der Waals surface area contributed by atoms with Crippen molar-refractivity contribution in [1.29, 1.82) is 0 Å². The van der Waals surface area contributed by atoms with Gasteiger partial charge in [0.25, 0.3) is 0 Å². The van der Waals surface area contributed by atoms with E-state index in [0.29, 0.717) is 18.5 Å². The maximum atomic E-state index is 11.9. The number of hydrogen-bond acceptors (Lipinski definition) is 4. The van der Waals surface area contributed by atoms with E-state index in [0.717, 1.165) is 5.75 Å². The van der Waals surface area contributed by atoms with Gasteiger partial charge >= 0.3 is 0 Å². The molecule has 0 radical (unpaired) electrons. The topological polar surface area (TPSA) is 93.5 Å². The van der Waals surface area contributed by atoms with E-state index in [2.05, 4.69) is 10.6 Å². The third kappa shape index (κ3) is 6.52. The molecule has 1 aromatic rings. The summed E-state index contributed by atoms with van der Waals surface area (Å²) >= 11 is 0. The fourth-order valence-electron chi connectivity index (χ4n) is 1.82. The number of methoxy groups -OCH3 is 1. The van der Waals surface area contributed by atoms with Crippen molar-refractivity contribution in [2.24, 2.45) is 5.73 Å². The van der Waals surface area contributed by atoms with E-state index in [4.69, 9.17) is 10.5 Å². The van der Waals surface area contributed by atoms with Crippen LogP contribution < -0.4 is 21.1 Å². The van der Waals surface area contributed by atoms with Crippen molar-refractivity contribution in [3.05, 3.63) is 36.4 Å². The van der Waals surface area contributed by atoms with Gasteiger partial charge in [-0.3, -0.25) is 9.59 Å². The SMILES string of the molecule is CC[C@@H](/C=C/C(=O)Nc1ccc(OC)cc1)NC(=O)[C@@H](N)CC. The van der Waals surface area contributed by atoms with Gasteiger partial charge in [-0.15, -0.1) is 0 Å². The zero-order chi connectivity index (χ0) is 17.2. The molecule has 0 aliphatic rings. The van der Waals surface area contributed by atoms with Crippen molar-refractivity contribution in [2.45, 2.75) is 38.8 Å². The van der Waals surface area contributed by atoms with Crippen molar-refractivity contribution >= 4 is 17.5 Å². The zero-order valence-corrected chi connectivity index (χ0v) is 13.8. The molecule has 0 aromatic heterocycles. The zero-order valence-electron chi connectivity index (χ0n) is 13.8. The van der Waals surface area contributed by atoms with Crippen LogP contribution in [0.3, 0.4) is 0 Å². The van der Waals surface area contributed by atoms with Gasteiger partial charge in [-0.25, -0.2) is 0 Å². The summed E-state index contributed by atoms with van der Waals surface area (Å²) in [5, 5.41) is 5.55. The Morgan fingerprint density at radius 2 is 1.87 bits per heavy atom. The molecule has 126 valence electrons. The summed E-state index contributed by atoms with van der Waals surface area (Å²) in [4.78, 5) is 23.7. The summed E-state index contributed by atoms with van der Waals surface area (Å²) in [6.45, 7) is 3.78. The van der Waals surface area contributed by atoms with Gasteiger partial charge < -0.3 is 21.1 Å². The first-order chi connectivity index (χ1) is 11.0. The molecule has 1 rings (SSSR count). The van der Waals surface area contributed by atoms with Crippen molar-refractivity contribution in [2.75, 3.05) is 12.4 Å². The lowest BCUT2D eigenvalue weighted by Crippen LogP contribution is -2.44. The number of ether oxygens (including phenoxy) is 1. The molecule has 0 spiro atoms. The lowest BCUT2D eigenvalue weighted by atomic mass is 10.1. The maximum absolute atomic E-state index is 11.9. The predicted molar refractivity (Wildman–Crippen MR) is 91.3 cm³/mol. The standard InChI is InChI=1S/C17H25N3O3/c1-4-12(20-17(22)15(18)5-2)8-11-16(21)19-13-6-9-14(23-3)10-7-13/h6-12,15H,4-5,18H2,1-3H3,(H,19,21)(H,20,22)/b11-8+/t12-,15-/m0/s1. The molecule has 0 saturated heterocycles. The number of anilines is 1. The molecule has 0 aliphatic heterocycles. The first-order valence-electron chi connectivity index (χ1n) is 7.69. The maximum Gasteiger partial charge on any atom is 0.248 e. The molecule has 2 atom stereocenters. The minimum atomic E-state index is -0.523. The number of benzene rings is 1. The molecule has 0 bridgehead atoms. The van der Waals surface area contributed by atoms with Crippen molar-refractivity contribution < 1.29 is 14.3 Å². The van der Waals surface area contributed by atoms with Crippen LogP contribution in [0.25, 0.3) is 0 Å². The van der Waals surface area contributed by atoms with Crippen LogP contribution in [0.4, 0.5) is 5.69 Å². The van der Waals surface area contributed by atoms with Gasteiger partial charge in [-0.05, 0) is 37.1 Å². The minimum Gasteiger partial charge on any atom is -0.497 e. The quantitative estimate of drug-likeness (QED) is 0.637. The Hall–Kier alpha value is -2.34. The highest BCUT2D eigenvalue weighted by Gasteiger charge is 2.13. The summed E-state index contributed by atoms with van der Waals surface area (Å²) in [7, 11) is 1.58. The third-order valence-electron chi connectivity index (χ3n) is 3.38. The molecule has 0 heterocycles. The first-order valence-corrected chi connectivity index (χ1v) is 7.69. The average Bonchev–Trinajstić information content (AvgIpc) is 2.58. The van der Waals surface area contributed by atoms with Crippen molar-refractivity contribution in [3.8, 4) is 5.75 Å². The van der Waals surface area contributed by atoms with Crippen LogP contribution in [-0.2, 0) is 9.59 Å². The summed E-state index contributed by atoms with van der Waals surface area (Å²) in [5.74, 6) is 0.252. The van der Waals surface area contributed by atoms with Gasteiger partial charge in [-0.1, -0.05) is 19.9 Å². The van der Waals surface area contributed by atoms with Crippen LogP contribution in [0.1, 0.15) is 26.7 Å². The Bertz CT molecular complexity index is 541. The Morgan fingerprint density at radius 3 is 2.39 bits per heavy atom. The smallest absolute Gasteiger partial charge is 0.248 e. The van der Waals surface area contributed by atoms with Gasteiger partial charge in [0.05, 0.1) is 13.2 Å². The lowest BCUT2D eigenvalue weighted by molar-refractivity contribution is -0.122. The van der Waals surface area contributed by atoms with Gasteiger partial charge in [0.15, 0.2) is 0 Å². The number of carbonyl (C=O) groups excluding carboxylic acids is 2. The highest BCUT2D eigenvalue weighted by molar-refractivity contribution is 5.99. The summed E-state index contributed by atoms with van der Waals surface area (Å²) < 4.78 is 5.06. The number of amides is 2. The molecular weight excluding hydrogens is 294 g/mol. The van der Waals surface area contributed by atoms with Crippen molar-refractivity contribution in [1.82, 2.24) is 5.32 Å². The lowest BCUT2D eigenvalue weighted by Gasteiger charge is -2.16. The molecule has 1 aromatic carbocycles. The van der Waals surface area contributed by atoms with Crippen LogP contribution in [0, 0.1) is 0 Å². The number of carbonyl (C=O) groups is 2. The number of rotatable bonds is 8. The first kappa shape index (κ1) is 18.7. The summed E-state index contributed by atoms with van der Waals surface area (Å²) in [6, 6.07) is 6.29. The Morgan fingerprint density at radius 1 is 1.22 bits per heavy atom. The van der Waals surface area contributed by atoms with E-state index in [1.807, 2.05) is 13.8 Å². The van der Waals surface area contributed by atoms with E-state index in [-0.39, 0.29) is 17.9 Å². The van der Waals surface area contributed by atoms with E-state index >= 15 is 0 Å². The van der Waals surface area contributed by atoms with Gasteiger partial charge in [0, 0.05) is 17.8 Å². The van der Waals surface area contributed by atoms with Gasteiger partial charge in [0.2, 0.25) is 11.8 Å². The van der Waals surface area contributed by atoms with E-state index in [1.165, 1.54) is 6.08 Å². The monoisotopic (exact) mass is 319 g/mol. The average molecular weight is 319 g/mol.